The Morgan fingerprint density at radius 1 is 1.19 bits per heavy atom. The SMILES string of the molecule is C#CCOC(=O)Nc1cccc(OC(=O)N(CC)c2ccc(Cl)c(Cl)c2)c1. The average Bonchev–Trinajstić information content (AvgIpc) is 2.63. The number of carbonyl (C=O) groups excluding carboxylic acids is 2. The molecular weight excluding hydrogens is 391 g/mol. The van der Waals surface area contributed by atoms with Crippen molar-refractivity contribution >= 4 is 46.8 Å². The summed E-state index contributed by atoms with van der Waals surface area (Å²) in [5, 5.41) is 3.21. The second-order valence-corrected chi connectivity index (χ2v) is 5.96. The Bertz CT molecular complexity index is 880. The molecule has 0 aliphatic heterocycles. The first-order valence-electron chi connectivity index (χ1n) is 7.86. The van der Waals surface area contributed by atoms with Crippen molar-refractivity contribution in [1.82, 2.24) is 0 Å². The van der Waals surface area contributed by atoms with Gasteiger partial charge in [-0.3, -0.25) is 10.2 Å². The predicted molar refractivity (Wildman–Crippen MR) is 106 cm³/mol. The van der Waals surface area contributed by atoms with Crippen molar-refractivity contribution in [2.75, 3.05) is 23.4 Å². The van der Waals surface area contributed by atoms with Crippen molar-refractivity contribution in [2.45, 2.75) is 6.92 Å². The lowest BCUT2D eigenvalue weighted by Gasteiger charge is -2.21. The van der Waals surface area contributed by atoms with Gasteiger partial charge < -0.3 is 9.47 Å². The van der Waals surface area contributed by atoms with Crippen LogP contribution in [-0.4, -0.2) is 25.3 Å². The molecule has 0 aliphatic rings. The van der Waals surface area contributed by atoms with Gasteiger partial charge in [0.25, 0.3) is 0 Å². The zero-order valence-corrected chi connectivity index (χ0v) is 15.9. The van der Waals surface area contributed by atoms with Crippen LogP contribution in [0.25, 0.3) is 0 Å². The van der Waals surface area contributed by atoms with Gasteiger partial charge in [0.2, 0.25) is 0 Å². The van der Waals surface area contributed by atoms with Crippen LogP contribution >= 0.6 is 23.2 Å². The first kappa shape index (κ1) is 20.4. The lowest BCUT2D eigenvalue weighted by molar-refractivity contribution is 0.176. The minimum atomic E-state index is -0.706. The molecule has 2 aromatic carbocycles. The van der Waals surface area contributed by atoms with E-state index in [0.29, 0.717) is 28.0 Å². The van der Waals surface area contributed by atoms with E-state index in [1.54, 1.807) is 43.3 Å². The number of hydrogen-bond acceptors (Lipinski definition) is 4. The Morgan fingerprint density at radius 3 is 2.63 bits per heavy atom. The molecule has 27 heavy (non-hydrogen) atoms. The molecule has 0 bridgehead atoms. The molecule has 0 unspecified atom stereocenters. The smallest absolute Gasteiger partial charge is 0.419 e. The Kier molecular flexibility index (Phi) is 7.35. The predicted octanol–water partition coefficient (Wildman–Crippen LogP) is 5.20. The molecule has 8 heteroatoms. The van der Waals surface area contributed by atoms with E-state index >= 15 is 0 Å². The minimum absolute atomic E-state index is 0.143. The highest BCUT2D eigenvalue weighted by Gasteiger charge is 2.17. The van der Waals surface area contributed by atoms with E-state index in [9.17, 15) is 9.59 Å². The summed E-state index contributed by atoms with van der Waals surface area (Å²) in [6.07, 6.45) is 3.71. The Balaban J connectivity index is 2.09. The molecule has 0 radical (unpaired) electrons. The number of ether oxygens (including phenoxy) is 2. The van der Waals surface area contributed by atoms with Crippen LogP contribution in [0, 0.1) is 12.3 Å². The fraction of sp³-hybridized carbons (Fsp3) is 0.158. The molecule has 0 aliphatic carbocycles. The fourth-order valence-corrected chi connectivity index (χ4v) is 2.42. The van der Waals surface area contributed by atoms with Crippen LogP contribution in [0.5, 0.6) is 5.75 Å². The number of hydrogen-bond donors (Lipinski definition) is 1. The van der Waals surface area contributed by atoms with Crippen molar-refractivity contribution in [3.8, 4) is 18.1 Å². The zero-order valence-electron chi connectivity index (χ0n) is 14.4. The Morgan fingerprint density at radius 2 is 1.96 bits per heavy atom. The largest absolute Gasteiger partial charge is 0.436 e. The summed E-state index contributed by atoms with van der Waals surface area (Å²) < 4.78 is 10.1. The summed E-state index contributed by atoms with van der Waals surface area (Å²) in [4.78, 5) is 25.4. The standard InChI is InChI=1S/C19H16Cl2N2O4/c1-3-10-26-18(24)22-13-6-5-7-15(11-13)27-19(25)23(4-2)14-8-9-16(20)17(21)12-14/h1,5-9,11-12H,4,10H2,2H3,(H,22,24). The number of nitrogens with one attached hydrogen (secondary N) is 1. The summed E-state index contributed by atoms with van der Waals surface area (Å²) >= 11 is 11.9. The maximum Gasteiger partial charge on any atom is 0.419 e. The van der Waals surface area contributed by atoms with E-state index in [4.69, 9.17) is 39.1 Å². The fourth-order valence-electron chi connectivity index (χ4n) is 2.12. The molecule has 0 saturated heterocycles. The quantitative estimate of drug-likeness (QED) is 0.692. The normalized spacial score (nSPS) is 9.85. The van der Waals surface area contributed by atoms with E-state index in [-0.39, 0.29) is 12.4 Å². The summed E-state index contributed by atoms with van der Waals surface area (Å²) in [5.74, 6) is 2.43. The lowest BCUT2D eigenvalue weighted by Crippen LogP contribution is -2.33. The summed E-state index contributed by atoms with van der Waals surface area (Å²) in [7, 11) is 0. The lowest BCUT2D eigenvalue weighted by atomic mass is 10.3. The molecule has 2 aromatic rings. The van der Waals surface area contributed by atoms with E-state index in [0.717, 1.165) is 0 Å². The molecule has 2 amide bonds. The van der Waals surface area contributed by atoms with Crippen LogP contribution in [0.3, 0.4) is 0 Å². The molecule has 0 aromatic heterocycles. The molecule has 0 atom stereocenters. The van der Waals surface area contributed by atoms with Gasteiger partial charge in [0.15, 0.2) is 6.61 Å². The topological polar surface area (TPSA) is 67.9 Å². The van der Waals surface area contributed by atoms with E-state index in [1.807, 2.05) is 0 Å². The van der Waals surface area contributed by atoms with Gasteiger partial charge in [-0.1, -0.05) is 35.2 Å². The van der Waals surface area contributed by atoms with Crippen LogP contribution < -0.4 is 15.0 Å². The number of benzene rings is 2. The van der Waals surface area contributed by atoms with Gasteiger partial charge >= 0.3 is 12.2 Å². The Labute approximate surface area is 167 Å². The number of amides is 2. The molecule has 2 rings (SSSR count). The summed E-state index contributed by atoms with van der Waals surface area (Å²) in [6.45, 7) is 2.01. The number of nitrogens with zero attached hydrogens (tertiary/aromatic N) is 1. The van der Waals surface area contributed by atoms with E-state index in [1.165, 1.54) is 11.0 Å². The molecular formula is C19H16Cl2N2O4. The maximum absolute atomic E-state index is 12.5. The van der Waals surface area contributed by atoms with Crippen LogP contribution in [0.15, 0.2) is 42.5 Å². The summed E-state index contributed by atoms with van der Waals surface area (Å²) in [6, 6.07) is 11.1. The van der Waals surface area contributed by atoms with Crippen LogP contribution in [0.4, 0.5) is 21.0 Å². The highest BCUT2D eigenvalue weighted by atomic mass is 35.5. The highest BCUT2D eigenvalue weighted by Crippen LogP contribution is 2.28. The third-order valence-corrected chi connectivity index (χ3v) is 4.06. The van der Waals surface area contributed by atoms with Gasteiger partial charge in [-0.15, -0.1) is 6.42 Å². The van der Waals surface area contributed by atoms with Gasteiger partial charge in [-0.05, 0) is 37.3 Å². The molecule has 1 N–H and O–H groups in total. The third kappa shape index (κ3) is 5.81. The molecule has 140 valence electrons. The molecule has 0 saturated carbocycles. The molecule has 0 fully saturated rings. The third-order valence-electron chi connectivity index (χ3n) is 3.32. The van der Waals surface area contributed by atoms with Gasteiger partial charge in [-0.2, -0.15) is 0 Å². The second-order valence-electron chi connectivity index (χ2n) is 5.14. The number of terminal acetylenes is 1. The van der Waals surface area contributed by atoms with Crippen molar-refractivity contribution in [3.63, 3.8) is 0 Å². The zero-order chi connectivity index (χ0) is 19.8. The molecule has 0 spiro atoms. The Hall–Kier alpha value is -2.88. The van der Waals surface area contributed by atoms with Crippen molar-refractivity contribution in [2.24, 2.45) is 0 Å². The van der Waals surface area contributed by atoms with Crippen LogP contribution in [0.2, 0.25) is 10.0 Å². The first-order valence-corrected chi connectivity index (χ1v) is 8.62. The van der Waals surface area contributed by atoms with Gasteiger partial charge in [0.1, 0.15) is 5.75 Å². The molecule has 0 heterocycles. The molecule has 6 nitrogen and oxygen atoms in total. The van der Waals surface area contributed by atoms with E-state index in [2.05, 4.69) is 11.2 Å². The maximum atomic E-state index is 12.5. The first-order chi connectivity index (χ1) is 12.9. The van der Waals surface area contributed by atoms with Crippen molar-refractivity contribution < 1.29 is 19.1 Å². The monoisotopic (exact) mass is 406 g/mol. The van der Waals surface area contributed by atoms with Crippen molar-refractivity contribution in [3.05, 3.63) is 52.5 Å². The number of halogens is 2. The number of rotatable bonds is 5. The van der Waals surface area contributed by atoms with Crippen LogP contribution in [0.1, 0.15) is 6.92 Å². The number of anilines is 2. The van der Waals surface area contributed by atoms with Crippen molar-refractivity contribution in [1.29, 1.82) is 0 Å². The van der Waals surface area contributed by atoms with E-state index < -0.39 is 12.2 Å². The van der Waals surface area contributed by atoms with Crippen LogP contribution in [-0.2, 0) is 4.74 Å². The van der Waals surface area contributed by atoms with Gasteiger partial charge in [-0.25, -0.2) is 9.59 Å². The van der Waals surface area contributed by atoms with Gasteiger partial charge in [0.05, 0.1) is 10.0 Å². The van der Waals surface area contributed by atoms with Gasteiger partial charge in [0, 0.05) is 24.0 Å². The second kappa shape index (κ2) is 9.72. The minimum Gasteiger partial charge on any atom is -0.436 e. The average molecular weight is 407 g/mol. The number of carbonyl (C=O) groups is 2. The summed E-state index contributed by atoms with van der Waals surface area (Å²) in [5.41, 5.74) is 0.934. The highest BCUT2D eigenvalue weighted by molar-refractivity contribution is 6.42.